The van der Waals surface area contributed by atoms with Gasteiger partial charge in [0.25, 0.3) is 5.91 Å². The highest BCUT2D eigenvalue weighted by Gasteiger charge is 2.12. The maximum Gasteiger partial charge on any atom is 0.260 e. The van der Waals surface area contributed by atoms with Gasteiger partial charge in [0.2, 0.25) is 0 Å². The zero-order chi connectivity index (χ0) is 11.4. The maximum atomic E-state index is 11.2. The van der Waals surface area contributed by atoms with Gasteiger partial charge in [0.15, 0.2) is 6.10 Å². The highest BCUT2D eigenvalue weighted by atomic mass is 79.9. The molecule has 0 aliphatic carbocycles. The van der Waals surface area contributed by atoms with Crippen molar-refractivity contribution < 1.29 is 9.53 Å². The Bertz CT molecular complexity index is 350. The van der Waals surface area contributed by atoms with Gasteiger partial charge in [-0.25, -0.2) is 0 Å². The molecule has 0 saturated carbocycles. The van der Waals surface area contributed by atoms with E-state index < -0.39 is 6.10 Å². The Labute approximate surface area is 102 Å². The lowest BCUT2D eigenvalue weighted by Crippen LogP contribution is -2.33. The van der Waals surface area contributed by atoms with Gasteiger partial charge in [-0.2, -0.15) is 0 Å². The van der Waals surface area contributed by atoms with Crippen LogP contribution in [0, 0.1) is 0 Å². The molecule has 82 valence electrons. The van der Waals surface area contributed by atoms with Crippen molar-refractivity contribution in [3.8, 4) is 5.75 Å². The molecular weight excluding hydrogens is 281 g/mol. The molecule has 3 nitrogen and oxygen atoms in total. The Morgan fingerprint density at radius 1 is 1.53 bits per heavy atom. The molecule has 1 unspecified atom stereocenters. The third kappa shape index (κ3) is 3.72. The summed E-state index contributed by atoms with van der Waals surface area (Å²) in [6.07, 6.45) is -0.541. The van der Waals surface area contributed by atoms with Crippen molar-refractivity contribution in [1.29, 1.82) is 0 Å². The summed E-state index contributed by atoms with van der Waals surface area (Å²) < 4.78 is 6.22. The van der Waals surface area contributed by atoms with E-state index in [1.54, 1.807) is 32.2 Å². The number of halogens is 2. The minimum Gasteiger partial charge on any atom is -0.481 e. The van der Waals surface area contributed by atoms with Crippen LogP contribution in [0.3, 0.4) is 0 Å². The van der Waals surface area contributed by atoms with Crippen LogP contribution in [0.25, 0.3) is 0 Å². The van der Waals surface area contributed by atoms with Crippen LogP contribution in [-0.2, 0) is 4.79 Å². The summed E-state index contributed by atoms with van der Waals surface area (Å²) in [5.41, 5.74) is 0. The lowest BCUT2D eigenvalue weighted by atomic mass is 10.3. The second-order valence-corrected chi connectivity index (χ2v) is 4.33. The topological polar surface area (TPSA) is 38.3 Å². The predicted octanol–water partition coefficient (Wildman–Crippen LogP) is 2.62. The van der Waals surface area contributed by atoms with E-state index in [0.29, 0.717) is 10.8 Å². The van der Waals surface area contributed by atoms with Crippen molar-refractivity contribution in [2.24, 2.45) is 0 Å². The van der Waals surface area contributed by atoms with Crippen LogP contribution in [0.15, 0.2) is 22.7 Å². The number of benzene rings is 1. The van der Waals surface area contributed by atoms with Gasteiger partial charge in [-0.3, -0.25) is 4.79 Å². The fourth-order valence-corrected chi connectivity index (χ4v) is 1.89. The van der Waals surface area contributed by atoms with E-state index in [4.69, 9.17) is 16.3 Å². The first-order valence-corrected chi connectivity index (χ1v) is 5.54. The smallest absolute Gasteiger partial charge is 0.260 e. The van der Waals surface area contributed by atoms with Gasteiger partial charge in [0.1, 0.15) is 5.75 Å². The van der Waals surface area contributed by atoms with Gasteiger partial charge >= 0.3 is 0 Å². The number of carbonyl (C=O) groups is 1. The fourth-order valence-electron chi connectivity index (χ4n) is 1.06. The molecule has 0 heterocycles. The molecule has 15 heavy (non-hydrogen) atoms. The number of hydrogen-bond acceptors (Lipinski definition) is 2. The maximum absolute atomic E-state index is 11.2. The number of hydrogen-bond donors (Lipinski definition) is 1. The van der Waals surface area contributed by atoms with Gasteiger partial charge in [-0.1, -0.05) is 27.5 Å². The summed E-state index contributed by atoms with van der Waals surface area (Å²) in [5, 5.41) is 3.06. The number of amides is 1. The second-order valence-electron chi connectivity index (χ2n) is 2.98. The number of likely N-dealkylation sites (N-methyl/N-ethyl adjacent to an activating group) is 1. The third-order valence-electron chi connectivity index (χ3n) is 1.76. The van der Waals surface area contributed by atoms with E-state index in [1.165, 1.54) is 0 Å². The molecule has 0 bridgehead atoms. The van der Waals surface area contributed by atoms with Gasteiger partial charge in [-0.15, -0.1) is 0 Å². The van der Waals surface area contributed by atoms with Crippen LogP contribution in [0.2, 0.25) is 5.02 Å². The van der Waals surface area contributed by atoms with E-state index in [1.807, 2.05) is 0 Å². The molecule has 1 aromatic rings. The van der Waals surface area contributed by atoms with E-state index >= 15 is 0 Å². The molecule has 0 aliphatic rings. The van der Waals surface area contributed by atoms with E-state index in [0.717, 1.165) is 4.47 Å². The van der Waals surface area contributed by atoms with Crippen LogP contribution in [0.4, 0.5) is 0 Å². The molecule has 0 aliphatic heterocycles. The van der Waals surface area contributed by atoms with Crippen molar-refractivity contribution in [2.45, 2.75) is 13.0 Å². The largest absolute Gasteiger partial charge is 0.481 e. The van der Waals surface area contributed by atoms with Gasteiger partial charge in [-0.05, 0) is 25.1 Å². The zero-order valence-electron chi connectivity index (χ0n) is 8.38. The summed E-state index contributed by atoms with van der Waals surface area (Å²) in [4.78, 5) is 11.2. The Balaban J connectivity index is 2.76. The number of carbonyl (C=O) groups excluding carboxylic acids is 1. The molecule has 1 N–H and O–H groups in total. The number of ether oxygens (including phenoxy) is 1. The lowest BCUT2D eigenvalue weighted by Gasteiger charge is -2.13. The summed E-state index contributed by atoms with van der Waals surface area (Å²) in [6, 6.07) is 5.16. The molecule has 0 radical (unpaired) electrons. The van der Waals surface area contributed by atoms with Crippen LogP contribution < -0.4 is 10.1 Å². The average Bonchev–Trinajstić information content (AvgIpc) is 2.14. The molecule has 0 aromatic heterocycles. The monoisotopic (exact) mass is 291 g/mol. The van der Waals surface area contributed by atoms with E-state index in [-0.39, 0.29) is 5.91 Å². The quantitative estimate of drug-likeness (QED) is 0.930. The van der Waals surface area contributed by atoms with Crippen molar-refractivity contribution in [3.63, 3.8) is 0 Å². The first-order chi connectivity index (χ1) is 7.02. The summed E-state index contributed by atoms with van der Waals surface area (Å²) >= 11 is 9.13. The fraction of sp³-hybridized carbons (Fsp3) is 0.300. The van der Waals surface area contributed by atoms with Crippen LogP contribution in [0.5, 0.6) is 5.75 Å². The Hall–Kier alpha value is -0.740. The molecule has 0 fully saturated rings. The van der Waals surface area contributed by atoms with Crippen LogP contribution in [-0.4, -0.2) is 19.1 Å². The first kappa shape index (κ1) is 12.3. The third-order valence-corrected chi connectivity index (χ3v) is 2.44. The first-order valence-electron chi connectivity index (χ1n) is 4.37. The van der Waals surface area contributed by atoms with Crippen molar-refractivity contribution in [2.75, 3.05) is 7.05 Å². The summed E-state index contributed by atoms with van der Waals surface area (Å²) in [5.74, 6) is 0.386. The summed E-state index contributed by atoms with van der Waals surface area (Å²) in [6.45, 7) is 1.67. The molecule has 1 amide bonds. The van der Waals surface area contributed by atoms with Gasteiger partial charge < -0.3 is 10.1 Å². The van der Waals surface area contributed by atoms with E-state index in [9.17, 15) is 4.79 Å². The predicted molar refractivity (Wildman–Crippen MR) is 63.3 cm³/mol. The zero-order valence-corrected chi connectivity index (χ0v) is 10.7. The molecule has 1 atom stereocenters. The van der Waals surface area contributed by atoms with Crippen LogP contribution >= 0.6 is 27.5 Å². The molecule has 1 aromatic carbocycles. The minimum absolute atomic E-state index is 0.175. The lowest BCUT2D eigenvalue weighted by molar-refractivity contribution is -0.126. The second kappa shape index (κ2) is 5.37. The molecular formula is C10H11BrClNO2. The Kier molecular flexibility index (Phi) is 4.42. The number of rotatable bonds is 3. The highest BCUT2D eigenvalue weighted by molar-refractivity contribution is 9.10. The van der Waals surface area contributed by atoms with Crippen molar-refractivity contribution in [1.82, 2.24) is 5.32 Å². The van der Waals surface area contributed by atoms with Crippen molar-refractivity contribution >= 4 is 33.4 Å². The van der Waals surface area contributed by atoms with Crippen LogP contribution in [0.1, 0.15) is 6.92 Å². The molecule has 0 spiro atoms. The average molecular weight is 293 g/mol. The normalized spacial score (nSPS) is 12.0. The highest BCUT2D eigenvalue weighted by Crippen LogP contribution is 2.25. The molecule has 1 rings (SSSR count). The Morgan fingerprint density at radius 3 is 2.73 bits per heavy atom. The number of nitrogens with one attached hydrogen (secondary N) is 1. The van der Waals surface area contributed by atoms with Gasteiger partial charge in [0, 0.05) is 16.5 Å². The standard InChI is InChI=1S/C10H11BrClNO2/c1-6(10(14)13-2)15-9-4-7(11)3-8(12)5-9/h3-6H,1-2H3,(H,13,14). The molecule has 5 heteroatoms. The SMILES string of the molecule is CNC(=O)C(C)Oc1cc(Cl)cc(Br)c1. The van der Waals surface area contributed by atoms with E-state index in [2.05, 4.69) is 21.2 Å². The molecule has 0 saturated heterocycles. The van der Waals surface area contributed by atoms with Crippen molar-refractivity contribution in [3.05, 3.63) is 27.7 Å². The Morgan fingerprint density at radius 2 is 2.20 bits per heavy atom. The summed E-state index contributed by atoms with van der Waals surface area (Å²) in [7, 11) is 1.57. The minimum atomic E-state index is -0.541. The van der Waals surface area contributed by atoms with Gasteiger partial charge in [0.05, 0.1) is 0 Å².